The molecule has 2 aromatic rings. The smallest absolute Gasteiger partial charge is 0.0595 e. The highest BCUT2D eigenvalue weighted by Crippen LogP contribution is 2.28. The third-order valence-electron chi connectivity index (χ3n) is 4.12. The monoisotopic (exact) mass is 322 g/mol. The van der Waals surface area contributed by atoms with Gasteiger partial charge in [-0.3, -0.25) is 0 Å². The van der Waals surface area contributed by atoms with E-state index in [0.717, 1.165) is 30.4 Å². The minimum absolute atomic E-state index is 0.180. The molecular formula is C15H19BrN2O. The lowest BCUT2D eigenvalue weighted by Crippen LogP contribution is -2.40. The zero-order valence-corrected chi connectivity index (χ0v) is 12.6. The Kier molecular flexibility index (Phi) is 3.65. The van der Waals surface area contributed by atoms with Crippen LogP contribution in [0.15, 0.2) is 22.7 Å². The molecule has 102 valence electrons. The van der Waals surface area contributed by atoms with Crippen molar-refractivity contribution in [3.05, 3.63) is 33.9 Å². The number of hydrogen-bond donors (Lipinski definition) is 3. The van der Waals surface area contributed by atoms with E-state index in [0.29, 0.717) is 5.92 Å². The Labute approximate surface area is 121 Å². The first-order valence-electron chi connectivity index (χ1n) is 6.80. The molecule has 0 bridgehead atoms. The number of aromatic nitrogens is 1. The van der Waals surface area contributed by atoms with E-state index < -0.39 is 0 Å². The van der Waals surface area contributed by atoms with Crippen LogP contribution in [-0.2, 0) is 6.42 Å². The van der Waals surface area contributed by atoms with Crippen LogP contribution in [0.2, 0.25) is 0 Å². The molecule has 4 heteroatoms. The maximum atomic E-state index is 10.1. The van der Waals surface area contributed by atoms with Gasteiger partial charge in [-0.1, -0.05) is 22.0 Å². The number of hydrogen-bond acceptors (Lipinski definition) is 2. The van der Waals surface area contributed by atoms with E-state index >= 15 is 0 Å². The van der Waals surface area contributed by atoms with E-state index in [9.17, 15) is 5.11 Å². The summed E-state index contributed by atoms with van der Waals surface area (Å²) in [6.07, 6.45) is 1.61. The molecule has 2 unspecified atom stereocenters. The highest BCUT2D eigenvalue weighted by molar-refractivity contribution is 9.10. The molecule has 0 aliphatic carbocycles. The molecule has 19 heavy (non-hydrogen) atoms. The minimum atomic E-state index is -0.180. The number of aromatic amines is 1. The molecule has 1 aromatic heterocycles. The van der Waals surface area contributed by atoms with E-state index in [1.54, 1.807) is 0 Å². The fourth-order valence-corrected chi connectivity index (χ4v) is 3.37. The Balaban J connectivity index is 1.93. The molecule has 1 saturated heterocycles. The summed E-state index contributed by atoms with van der Waals surface area (Å²) >= 11 is 3.50. The molecule has 1 fully saturated rings. The van der Waals surface area contributed by atoms with Crippen LogP contribution in [0.1, 0.15) is 17.7 Å². The van der Waals surface area contributed by atoms with Gasteiger partial charge in [0, 0.05) is 33.5 Å². The van der Waals surface area contributed by atoms with Gasteiger partial charge in [0.05, 0.1) is 6.10 Å². The Morgan fingerprint density at radius 1 is 1.42 bits per heavy atom. The summed E-state index contributed by atoms with van der Waals surface area (Å²) in [7, 11) is 0. The lowest BCUT2D eigenvalue weighted by molar-refractivity contribution is 0.0792. The van der Waals surface area contributed by atoms with Crippen molar-refractivity contribution in [2.75, 3.05) is 13.1 Å². The average Bonchev–Trinajstić information content (AvgIpc) is 2.68. The zero-order chi connectivity index (χ0) is 13.4. The normalized spacial score (nSPS) is 23.9. The molecule has 0 spiro atoms. The summed E-state index contributed by atoms with van der Waals surface area (Å²) in [5.41, 5.74) is 3.72. The second-order valence-corrected chi connectivity index (χ2v) is 6.36. The van der Waals surface area contributed by atoms with Crippen LogP contribution < -0.4 is 5.32 Å². The maximum absolute atomic E-state index is 10.1. The number of fused-ring (bicyclic) bond motifs is 1. The van der Waals surface area contributed by atoms with Crippen molar-refractivity contribution in [1.82, 2.24) is 10.3 Å². The quantitative estimate of drug-likeness (QED) is 0.796. The second kappa shape index (κ2) is 5.27. The third kappa shape index (κ3) is 2.57. The number of aryl methyl sites for hydroxylation is 1. The summed E-state index contributed by atoms with van der Waals surface area (Å²) < 4.78 is 1.09. The van der Waals surface area contributed by atoms with E-state index in [-0.39, 0.29) is 6.10 Å². The van der Waals surface area contributed by atoms with Crippen LogP contribution in [0.25, 0.3) is 10.9 Å². The number of halogens is 1. The molecule has 3 nitrogen and oxygen atoms in total. The van der Waals surface area contributed by atoms with Crippen LogP contribution in [0.4, 0.5) is 0 Å². The molecule has 0 saturated carbocycles. The first kappa shape index (κ1) is 13.2. The summed E-state index contributed by atoms with van der Waals surface area (Å²) in [5.74, 6) is 0.315. The molecule has 1 aromatic carbocycles. The lowest BCUT2D eigenvalue weighted by atomic mass is 9.89. The minimum Gasteiger partial charge on any atom is -0.393 e. The standard InChI is InChI=1S/C15H19BrN2O/c1-9-13(6-10-8-17-5-4-15(10)19)12-3-2-11(16)7-14(12)18-9/h2-3,7,10,15,17-19H,4-6,8H2,1H3. The Bertz CT molecular complexity index is 593. The number of rotatable bonds is 2. The van der Waals surface area contributed by atoms with E-state index in [2.05, 4.69) is 51.4 Å². The van der Waals surface area contributed by atoms with Gasteiger partial charge in [0.2, 0.25) is 0 Å². The van der Waals surface area contributed by atoms with Crippen LogP contribution in [0.5, 0.6) is 0 Å². The summed E-state index contributed by atoms with van der Waals surface area (Å²) in [4.78, 5) is 3.44. The molecule has 1 aliphatic heterocycles. The van der Waals surface area contributed by atoms with Gasteiger partial charge in [0.15, 0.2) is 0 Å². The fraction of sp³-hybridized carbons (Fsp3) is 0.467. The van der Waals surface area contributed by atoms with Gasteiger partial charge in [-0.15, -0.1) is 0 Å². The van der Waals surface area contributed by atoms with E-state index in [4.69, 9.17) is 0 Å². The van der Waals surface area contributed by atoms with E-state index in [1.807, 2.05) is 0 Å². The van der Waals surface area contributed by atoms with Crippen LogP contribution in [-0.4, -0.2) is 29.3 Å². The van der Waals surface area contributed by atoms with Crippen molar-refractivity contribution in [3.8, 4) is 0 Å². The number of nitrogens with one attached hydrogen (secondary N) is 2. The van der Waals surface area contributed by atoms with Gasteiger partial charge < -0.3 is 15.4 Å². The van der Waals surface area contributed by atoms with Gasteiger partial charge in [0.1, 0.15) is 0 Å². The van der Waals surface area contributed by atoms with Gasteiger partial charge in [0.25, 0.3) is 0 Å². The summed E-state index contributed by atoms with van der Waals surface area (Å²) in [6, 6.07) is 6.34. The van der Waals surface area contributed by atoms with Crippen molar-refractivity contribution >= 4 is 26.8 Å². The number of benzene rings is 1. The summed E-state index contributed by atoms with van der Waals surface area (Å²) in [6.45, 7) is 3.95. The molecule has 0 amide bonds. The first-order chi connectivity index (χ1) is 9.15. The van der Waals surface area contributed by atoms with Gasteiger partial charge in [-0.25, -0.2) is 0 Å². The third-order valence-corrected chi connectivity index (χ3v) is 4.61. The Hall–Kier alpha value is -0.840. The Morgan fingerprint density at radius 2 is 2.26 bits per heavy atom. The van der Waals surface area contributed by atoms with Crippen molar-refractivity contribution in [2.24, 2.45) is 5.92 Å². The first-order valence-corrected chi connectivity index (χ1v) is 7.60. The molecule has 1 aliphatic rings. The lowest BCUT2D eigenvalue weighted by Gasteiger charge is -2.28. The van der Waals surface area contributed by atoms with Crippen molar-refractivity contribution in [1.29, 1.82) is 0 Å². The fourth-order valence-electron chi connectivity index (χ4n) is 3.01. The molecule has 3 rings (SSSR count). The molecule has 3 N–H and O–H groups in total. The zero-order valence-electron chi connectivity index (χ0n) is 11.0. The van der Waals surface area contributed by atoms with Crippen LogP contribution in [0.3, 0.4) is 0 Å². The molecular weight excluding hydrogens is 304 g/mol. The molecule has 2 atom stereocenters. The number of aliphatic hydroxyl groups is 1. The van der Waals surface area contributed by atoms with Gasteiger partial charge in [-0.2, -0.15) is 0 Å². The topological polar surface area (TPSA) is 48.0 Å². The second-order valence-electron chi connectivity index (χ2n) is 5.44. The number of piperidine rings is 1. The Morgan fingerprint density at radius 3 is 3.05 bits per heavy atom. The highest BCUT2D eigenvalue weighted by Gasteiger charge is 2.24. The van der Waals surface area contributed by atoms with Crippen molar-refractivity contribution in [2.45, 2.75) is 25.9 Å². The van der Waals surface area contributed by atoms with Crippen LogP contribution in [0, 0.1) is 12.8 Å². The van der Waals surface area contributed by atoms with Gasteiger partial charge in [-0.05, 0) is 44.0 Å². The SMILES string of the molecule is Cc1[nH]c2cc(Br)ccc2c1CC1CNCCC1O. The predicted molar refractivity (Wildman–Crippen MR) is 81.4 cm³/mol. The van der Waals surface area contributed by atoms with Crippen LogP contribution >= 0.6 is 15.9 Å². The van der Waals surface area contributed by atoms with Crippen molar-refractivity contribution in [3.63, 3.8) is 0 Å². The van der Waals surface area contributed by atoms with Gasteiger partial charge >= 0.3 is 0 Å². The van der Waals surface area contributed by atoms with Crippen molar-refractivity contribution < 1.29 is 5.11 Å². The molecule has 0 radical (unpaired) electrons. The highest BCUT2D eigenvalue weighted by atomic mass is 79.9. The van der Waals surface area contributed by atoms with E-state index in [1.165, 1.54) is 22.2 Å². The summed E-state index contributed by atoms with van der Waals surface area (Å²) in [5, 5.41) is 14.8. The molecule has 2 heterocycles. The average molecular weight is 323 g/mol. The largest absolute Gasteiger partial charge is 0.393 e. The number of aliphatic hydroxyl groups excluding tert-OH is 1. The number of H-pyrrole nitrogens is 1. The predicted octanol–water partition coefficient (Wildman–Crippen LogP) is 2.75. The maximum Gasteiger partial charge on any atom is 0.0595 e.